The maximum Gasteiger partial charge on any atom is 0.307 e. The second-order valence-electron chi connectivity index (χ2n) is 9.22. The van der Waals surface area contributed by atoms with Crippen LogP contribution in [0.4, 0.5) is 0 Å². The number of aliphatic carboxylic acids is 1. The number of nitrogens with zero attached hydrogens (tertiary/aromatic N) is 1. The highest BCUT2D eigenvalue weighted by Crippen LogP contribution is 2.48. The Labute approximate surface area is 186 Å². The van der Waals surface area contributed by atoms with Gasteiger partial charge in [0.2, 0.25) is 0 Å². The van der Waals surface area contributed by atoms with Crippen molar-refractivity contribution < 1.29 is 24.2 Å². The van der Waals surface area contributed by atoms with Gasteiger partial charge in [-0.25, -0.2) is 0 Å². The number of ether oxygens (including phenoxy) is 2. The van der Waals surface area contributed by atoms with Crippen molar-refractivity contribution in [2.75, 3.05) is 6.61 Å². The van der Waals surface area contributed by atoms with Gasteiger partial charge in [-0.3, -0.25) is 14.5 Å². The van der Waals surface area contributed by atoms with Gasteiger partial charge in [0.15, 0.2) is 6.10 Å². The number of carbonyl (C=O) groups excluding carboxylic acids is 1. The Kier molecular flexibility index (Phi) is 5.38. The summed E-state index contributed by atoms with van der Waals surface area (Å²) in [6.07, 6.45) is 2.17. The number of halogens is 1. The van der Waals surface area contributed by atoms with Crippen molar-refractivity contribution in [1.82, 2.24) is 4.90 Å². The SMILES string of the molecule is CC1=C[C@@H](c2ccccc2Cl)C2=C3C1=COC[C@@H](C(C)(C)C)N3C(=O)[C@@H](CC(=O)O)O2. The molecule has 3 atom stereocenters. The first kappa shape index (κ1) is 21.5. The average Bonchev–Trinajstić information content (AvgIpc) is 2.89. The van der Waals surface area contributed by atoms with Crippen LogP contribution in [-0.2, 0) is 19.1 Å². The third kappa shape index (κ3) is 3.74. The molecule has 1 amide bonds. The minimum Gasteiger partial charge on any atom is -0.498 e. The van der Waals surface area contributed by atoms with Crippen molar-refractivity contribution >= 4 is 23.5 Å². The van der Waals surface area contributed by atoms with E-state index in [0.29, 0.717) is 23.1 Å². The summed E-state index contributed by atoms with van der Waals surface area (Å²) in [4.78, 5) is 26.8. The zero-order valence-corrected chi connectivity index (χ0v) is 18.8. The maximum atomic E-state index is 13.5. The molecule has 7 heteroatoms. The second-order valence-corrected chi connectivity index (χ2v) is 9.63. The Morgan fingerprint density at radius 3 is 2.65 bits per heavy atom. The lowest BCUT2D eigenvalue weighted by atomic mass is 9.81. The molecule has 2 aliphatic heterocycles. The van der Waals surface area contributed by atoms with Crippen LogP contribution < -0.4 is 0 Å². The second kappa shape index (κ2) is 7.75. The summed E-state index contributed by atoms with van der Waals surface area (Å²) in [6.45, 7) is 8.39. The number of hydrogen-bond acceptors (Lipinski definition) is 4. The first-order chi connectivity index (χ1) is 14.6. The summed E-state index contributed by atoms with van der Waals surface area (Å²) in [5.41, 5.74) is 2.89. The van der Waals surface area contributed by atoms with Gasteiger partial charge in [-0.2, -0.15) is 0 Å². The van der Waals surface area contributed by atoms with E-state index in [1.54, 1.807) is 11.2 Å². The number of allylic oxidation sites excluding steroid dienone is 2. The predicted octanol–water partition coefficient (Wildman–Crippen LogP) is 4.63. The molecule has 0 aromatic heterocycles. The van der Waals surface area contributed by atoms with Crippen LogP contribution >= 0.6 is 11.6 Å². The third-order valence-electron chi connectivity index (χ3n) is 6.00. The van der Waals surface area contributed by atoms with E-state index in [-0.39, 0.29) is 23.3 Å². The first-order valence-electron chi connectivity index (χ1n) is 10.3. The summed E-state index contributed by atoms with van der Waals surface area (Å²) >= 11 is 6.52. The van der Waals surface area contributed by atoms with Gasteiger partial charge < -0.3 is 14.6 Å². The molecular weight excluding hydrogens is 418 g/mol. The molecule has 0 spiro atoms. The fourth-order valence-electron chi connectivity index (χ4n) is 4.37. The van der Waals surface area contributed by atoms with Crippen molar-refractivity contribution in [3.63, 3.8) is 0 Å². The molecule has 31 heavy (non-hydrogen) atoms. The van der Waals surface area contributed by atoms with E-state index in [9.17, 15) is 14.7 Å². The van der Waals surface area contributed by atoms with Gasteiger partial charge in [-0.15, -0.1) is 0 Å². The Bertz CT molecular complexity index is 1030. The van der Waals surface area contributed by atoms with E-state index in [4.69, 9.17) is 21.1 Å². The van der Waals surface area contributed by atoms with Crippen LogP contribution in [0.1, 0.15) is 45.6 Å². The molecule has 0 saturated carbocycles. The fourth-order valence-corrected chi connectivity index (χ4v) is 4.62. The number of amides is 1. The van der Waals surface area contributed by atoms with Crippen LogP contribution in [-0.4, -0.2) is 40.6 Å². The van der Waals surface area contributed by atoms with E-state index in [2.05, 4.69) is 0 Å². The molecule has 1 aromatic rings. The van der Waals surface area contributed by atoms with Gasteiger partial charge in [0.1, 0.15) is 12.4 Å². The standard InChI is InChI=1S/C24H26ClNO5/c1-13-9-15(14-7-5-6-8-17(14)25)22-21-16(13)11-30-12-19(24(2,3)4)26(21)23(29)18(31-22)10-20(27)28/h5-9,11,15,18-19H,10,12H2,1-4H3,(H,27,28)/t15-,18+,19-/m0/s1. The molecule has 164 valence electrons. The van der Waals surface area contributed by atoms with Crippen molar-refractivity contribution in [3.05, 3.63) is 69.8 Å². The Morgan fingerprint density at radius 2 is 2.00 bits per heavy atom. The normalized spacial score (nSPS) is 25.6. The van der Waals surface area contributed by atoms with Gasteiger partial charge in [0.05, 0.1) is 30.3 Å². The third-order valence-corrected chi connectivity index (χ3v) is 6.35. The average molecular weight is 444 g/mol. The highest BCUT2D eigenvalue weighted by Gasteiger charge is 2.49. The zero-order valence-electron chi connectivity index (χ0n) is 18.0. The van der Waals surface area contributed by atoms with E-state index < -0.39 is 18.5 Å². The molecule has 1 aromatic carbocycles. The van der Waals surface area contributed by atoms with E-state index >= 15 is 0 Å². The highest BCUT2D eigenvalue weighted by atomic mass is 35.5. The van der Waals surface area contributed by atoms with Crippen LogP contribution in [0.2, 0.25) is 5.02 Å². The molecule has 0 radical (unpaired) electrons. The van der Waals surface area contributed by atoms with Crippen LogP contribution in [0.5, 0.6) is 0 Å². The molecule has 1 aliphatic carbocycles. The molecule has 2 heterocycles. The lowest BCUT2D eigenvalue weighted by Crippen LogP contribution is -2.55. The maximum absolute atomic E-state index is 13.5. The highest BCUT2D eigenvalue weighted by molar-refractivity contribution is 6.31. The van der Waals surface area contributed by atoms with Crippen LogP contribution in [0.25, 0.3) is 0 Å². The molecule has 4 rings (SSSR count). The molecule has 3 aliphatic rings. The number of carbonyl (C=O) groups is 2. The van der Waals surface area contributed by atoms with E-state index in [1.165, 1.54) is 0 Å². The number of carboxylic acid groups (broad SMARTS) is 1. The predicted molar refractivity (Wildman–Crippen MR) is 116 cm³/mol. The quantitative estimate of drug-likeness (QED) is 0.737. The lowest BCUT2D eigenvalue weighted by Gasteiger charge is -2.46. The molecule has 6 nitrogen and oxygen atoms in total. The summed E-state index contributed by atoms with van der Waals surface area (Å²) in [7, 11) is 0. The first-order valence-corrected chi connectivity index (χ1v) is 10.7. The lowest BCUT2D eigenvalue weighted by molar-refractivity contribution is -0.155. The topological polar surface area (TPSA) is 76.1 Å². The molecule has 0 fully saturated rings. The molecular formula is C24H26ClNO5. The van der Waals surface area contributed by atoms with E-state index in [1.807, 2.05) is 58.0 Å². The monoisotopic (exact) mass is 443 g/mol. The molecule has 1 N–H and O–H groups in total. The largest absolute Gasteiger partial charge is 0.498 e. The Balaban J connectivity index is 1.95. The minimum absolute atomic E-state index is 0.295. The summed E-state index contributed by atoms with van der Waals surface area (Å²) < 4.78 is 12.0. The van der Waals surface area contributed by atoms with E-state index in [0.717, 1.165) is 16.7 Å². The summed E-state index contributed by atoms with van der Waals surface area (Å²) in [6, 6.07) is 7.19. The Morgan fingerprint density at radius 1 is 1.29 bits per heavy atom. The van der Waals surface area contributed by atoms with Crippen LogP contribution in [0.15, 0.2) is 59.2 Å². The van der Waals surface area contributed by atoms with Gasteiger partial charge in [0.25, 0.3) is 5.91 Å². The van der Waals surface area contributed by atoms with Crippen LogP contribution in [0.3, 0.4) is 0 Å². The van der Waals surface area contributed by atoms with Crippen molar-refractivity contribution in [2.24, 2.45) is 5.41 Å². The van der Waals surface area contributed by atoms with Crippen LogP contribution in [0, 0.1) is 5.41 Å². The van der Waals surface area contributed by atoms with Gasteiger partial charge in [-0.05, 0) is 29.5 Å². The minimum atomic E-state index is -1.11. The van der Waals surface area contributed by atoms with Crippen molar-refractivity contribution in [2.45, 2.75) is 52.2 Å². The molecule has 0 bridgehead atoms. The Hall–Kier alpha value is -2.73. The van der Waals surface area contributed by atoms with Gasteiger partial charge in [0, 0.05) is 10.6 Å². The number of benzene rings is 1. The fraction of sp³-hybridized carbons (Fsp3) is 0.417. The summed E-state index contributed by atoms with van der Waals surface area (Å²) in [5, 5.41) is 10.00. The molecule has 0 unspecified atom stereocenters. The number of carboxylic acids is 1. The summed E-state index contributed by atoms with van der Waals surface area (Å²) in [5.74, 6) is -1.25. The number of hydrogen-bond donors (Lipinski definition) is 1. The van der Waals surface area contributed by atoms with Crippen molar-refractivity contribution in [1.29, 1.82) is 0 Å². The van der Waals surface area contributed by atoms with Gasteiger partial charge in [-0.1, -0.05) is 56.6 Å². The zero-order chi connectivity index (χ0) is 22.5. The smallest absolute Gasteiger partial charge is 0.307 e. The number of rotatable bonds is 3. The van der Waals surface area contributed by atoms with Crippen molar-refractivity contribution in [3.8, 4) is 0 Å². The molecule has 0 saturated heterocycles. The van der Waals surface area contributed by atoms with Gasteiger partial charge >= 0.3 is 5.97 Å².